The third kappa shape index (κ3) is 3.35. The highest BCUT2D eigenvalue weighted by Crippen LogP contribution is 2.47. The van der Waals surface area contributed by atoms with Crippen LogP contribution in [0.1, 0.15) is 95.8 Å². The third-order valence-corrected chi connectivity index (χ3v) is 7.61. The maximum absolute atomic E-state index is 14.1. The molecule has 0 amide bonds. The summed E-state index contributed by atoms with van der Waals surface area (Å²) in [6.45, 7) is 11.6. The number of carbonyl (C=O) groups is 4. The van der Waals surface area contributed by atoms with Crippen molar-refractivity contribution in [1.82, 2.24) is 0 Å². The topological polar surface area (TPSA) is 68.3 Å². The van der Waals surface area contributed by atoms with Crippen LogP contribution in [0.3, 0.4) is 0 Å². The van der Waals surface area contributed by atoms with Crippen LogP contribution in [0.5, 0.6) is 0 Å². The second-order valence-corrected chi connectivity index (χ2v) is 10.4. The van der Waals surface area contributed by atoms with Gasteiger partial charge in [0, 0.05) is 44.5 Å². The molecule has 2 aliphatic carbocycles. The molecule has 2 aromatic rings. The van der Waals surface area contributed by atoms with E-state index in [9.17, 15) is 19.2 Å². The van der Waals surface area contributed by atoms with Gasteiger partial charge in [-0.2, -0.15) is 0 Å². The lowest BCUT2D eigenvalue weighted by molar-refractivity contribution is 0.0931. The van der Waals surface area contributed by atoms with Crippen LogP contribution in [0.2, 0.25) is 0 Å². The molecule has 4 nitrogen and oxygen atoms in total. The van der Waals surface area contributed by atoms with Gasteiger partial charge in [-0.15, -0.1) is 0 Å². The van der Waals surface area contributed by atoms with Crippen molar-refractivity contribution in [3.05, 3.63) is 93.1 Å². The number of carbonyl (C=O) groups excluding carboxylic acids is 4. The number of rotatable bonds is 5. The fourth-order valence-corrected chi connectivity index (χ4v) is 4.87. The van der Waals surface area contributed by atoms with Gasteiger partial charge in [0.25, 0.3) is 0 Å². The Labute approximate surface area is 200 Å². The average molecular weight is 455 g/mol. The van der Waals surface area contributed by atoms with Crippen molar-refractivity contribution >= 4 is 23.1 Å². The molecule has 4 rings (SSSR count). The van der Waals surface area contributed by atoms with E-state index in [0.29, 0.717) is 35.1 Å². The number of allylic oxidation sites excluding steroid dienone is 4. The number of Topliss-reactive ketones (excluding diaryl/α,β-unsaturated/α-hetero) is 4. The van der Waals surface area contributed by atoms with E-state index in [-0.39, 0.29) is 45.4 Å². The molecule has 0 atom stereocenters. The van der Waals surface area contributed by atoms with Gasteiger partial charge >= 0.3 is 0 Å². The first-order chi connectivity index (χ1) is 16.0. The van der Waals surface area contributed by atoms with Gasteiger partial charge in [-0.3, -0.25) is 19.2 Å². The van der Waals surface area contributed by atoms with Crippen LogP contribution >= 0.6 is 0 Å². The van der Waals surface area contributed by atoms with Crippen molar-refractivity contribution in [3.8, 4) is 0 Å². The molecule has 0 unspecified atom stereocenters. The number of ketones is 4. The van der Waals surface area contributed by atoms with Gasteiger partial charge in [0.05, 0.1) is 0 Å². The molecule has 0 radical (unpaired) electrons. The zero-order chi connectivity index (χ0) is 25.0. The van der Waals surface area contributed by atoms with Crippen LogP contribution in [0.15, 0.2) is 70.8 Å². The Kier molecular flexibility index (Phi) is 5.67. The fourth-order valence-electron chi connectivity index (χ4n) is 4.87. The van der Waals surface area contributed by atoms with Crippen molar-refractivity contribution in [3.63, 3.8) is 0 Å². The summed E-state index contributed by atoms with van der Waals surface area (Å²) in [4.78, 5) is 55.8. The van der Waals surface area contributed by atoms with Gasteiger partial charge in [0.15, 0.2) is 23.1 Å². The fraction of sp³-hybridized carbons (Fsp3) is 0.333. The number of benzene rings is 2. The van der Waals surface area contributed by atoms with Crippen LogP contribution in [0.4, 0.5) is 0 Å². The molecule has 0 aliphatic heterocycles. The summed E-state index contributed by atoms with van der Waals surface area (Å²) in [6, 6.07) is 13.5. The van der Waals surface area contributed by atoms with Crippen molar-refractivity contribution in [2.45, 2.75) is 54.4 Å². The Morgan fingerprint density at radius 1 is 0.500 bits per heavy atom. The number of hydrogen-bond acceptors (Lipinski definition) is 4. The highest BCUT2D eigenvalue weighted by Gasteiger charge is 2.47. The highest BCUT2D eigenvalue weighted by molar-refractivity contribution is 6.37. The minimum Gasteiger partial charge on any atom is -0.289 e. The first kappa shape index (κ1) is 23.7. The minimum absolute atomic E-state index is 0.0972. The molecule has 0 saturated carbocycles. The van der Waals surface area contributed by atoms with E-state index < -0.39 is 10.8 Å². The molecule has 0 fully saturated rings. The molecular formula is C30H30O4. The molecular weight excluding hydrogens is 424 g/mol. The molecule has 2 aromatic carbocycles. The molecule has 4 heteroatoms. The zero-order valence-corrected chi connectivity index (χ0v) is 20.7. The van der Waals surface area contributed by atoms with Crippen molar-refractivity contribution in [1.29, 1.82) is 0 Å². The van der Waals surface area contributed by atoms with Gasteiger partial charge in [-0.25, -0.2) is 0 Å². The largest absolute Gasteiger partial charge is 0.289 e. The van der Waals surface area contributed by atoms with E-state index >= 15 is 0 Å². The maximum Gasteiger partial charge on any atom is 0.194 e. The van der Waals surface area contributed by atoms with Crippen molar-refractivity contribution < 1.29 is 19.2 Å². The van der Waals surface area contributed by atoms with E-state index in [2.05, 4.69) is 0 Å². The van der Waals surface area contributed by atoms with Gasteiger partial charge in [0.1, 0.15) is 0 Å². The van der Waals surface area contributed by atoms with Crippen molar-refractivity contribution in [2.24, 2.45) is 10.8 Å². The number of fused-ring (bicyclic) bond motifs is 2. The second-order valence-electron chi connectivity index (χ2n) is 10.4. The van der Waals surface area contributed by atoms with E-state index in [0.717, 1.165) is 0 Å². The quantitative estimate of drug-likeness (QED) is 0.510. The Hall–Kier alpha value is -3.40. The van der Waals surface area contributed by atoms with Gasteiger partial charge in [-0.05, 0) is 23.7 Å². The zero-order valence-electron chi connectivity index (χ0n) is 20.7. The van der Waals surface area contributed by atoms with Crippen molar-refractivity contribution in [2.75, 3.05) is 0 Å². The molecule has 0 bridgehead atoms. The van der Waals surface area contributed by atoms with Crippen LogP contribution in [-0.4, -0.2) is 23.1 Å². The lowest BCUT2D eigenvalue weighted by atomic mass is 9.64. The molecule has 0 spiro atoms. The molecule has 34 heavy (non-hydrogen) atoms. The minimum atomic E-state index is -0.676. The lowest BCUT2D eigenvalue weighted by Gasteiger charge is -2.36. The number of hydrogen-bond donors (Lipinski definition) is 0. The SMILES string of the molecule is CCC(C)(C)C1=C(C2=C(C(C)(C)CC)C(=O)c3ccccc3C2=O)C(=O)c2ccccc2C1=O. The Morgan fingerprint density at radius 2 is 0.765 bits per heavy atom. The molecule has 0 N–H and O–H groups in total. The molecule has 0 heterocycles. The average Bonchev–Trinajstić information content (AvgIpc) is 2.83. The van der Waals surface area contributed by atoms with Crippen LogP contribution in [0.25, 0.3) is 0 Å². The summed E-state index contributed by atoms with van der Waals surface area (Å²) in [5, 5.41) is 0. The summed E-state index contributed by atoms with van der Waals surface area (Å²) >= 11 is 0. The van der Waals surface area contributed by atoms with E-state index in [4.69, 9.17) is 0 Å². The Bertz CT molecular complexity index is 1230. The predicted molar refractivity (Wildman–Crippen MR) is 132 cm³/mol. The summed E-state index contributed by atoms with van der Waals surface area (Å²) < 4.78 is 0. The molecule has 0 aromatic heterocycles. The van der Waals surface area contributed by atoms with Crippen LogP contribution in [0, 0.1) is 10.8 Å². The van der Waals surface area contributed by atoms with Crippen LogP contribution in [-0.2, 0) is 0 Å². The normalized spacial score (nSPS) is 16.8. The monoisotopic (exact) mass is 454 g/mol. The summed E-state index contributed by atoms with van der Waals surface area (Å²) in [6.07, 6.45) is 1.18. The van der Waals surface area contributed by atoms with E-state index in [1.807, 2.05) is 41.5 Å². The second kappa shape index (κ2) is 8.12. The van der Waals surface area contributed by atoms with Gasteiger partial charge < -0.3 is 0 Å². The first-order valence-corrected chi connectivity index (χ1v) is 11.8. The molecule has 174 valence electrons. The summed E-state index contributed by atoms with van der Waals surface area (Å²) in [5.74, 6) is -1.24. The smallest absolute Gasteiger partial charge is 0.194 e. The van der Waals surface area contributed by atoms with Crippen LogP contribution < -0.4 is 0 Å². The standard InChI is InChI=1S/C30H30O4/c1-7-29(3,4)23-21(25(31)17-13-9-11-15-19(17)27(23)33)22-24(30(5,6)8-2)28(34)20-16-12-10-14-18(20)26(22)32/h9-16H,7-8H2,1-6H3. The molecule has 0 saturated heterocycles. The summed E-state index contributed by atoms with van der Waals surface area (Å²) in [5.41, 5.74) is 0.725. The maximum atomic E-state index is 14.1. The predicted octanol–water partition coefficient (Wildman–Crippen LogP) is 6.61. The van der Waals surface area contributed by atoms with Gasteiger partial charge in [-0.1, -0.05) is 90.1 Å². The van der Waals surface area contributed by atoms with E-state index in [1.54, 1.807) is 48.5 Å². The highest BCUT2D eigenvalue weighted by atomic mass is 16.1. The Morgan fingerprint density at radius 3 is 1.03 bits per heavy atom. The Balaban J connectivity index is 2.19. The third-order valence-electron chi connectivity index (χ3n) is 7.61. The van der Waals surface area contributed by atoms with E-state index in [1.165, 1.54) is 0 Å². The van der Waals surface area contributed by atoms with Gasteiger partial charge in [0.2, 0.25) is 0 Å². The first-order valence-electron chi connectivity index (χ1n) is 11.8. The summed E-state index contributed by atoms with van der Waals surface area (Å²) in [7, 11) is 0. The lowest BCUT2D eigenvalue weighted by Crippen LogP contribution is -2.37. The molecule has 2 aliphatic rings.